The lowest BCUT2D eigenvalue weighted by Gasteiger charge is -2.01. The van der Waals surface area contributed by atoms with Crippen molar-refractivity contribution in [3.05, 3.63) is 0 Å². The van der Waals surface area contributed by atoms with Crippen molar-refractivity contribution >= 4 is 5.97 Å². The molecule has 0 aliphatic rings. The Morgan fingerprint density at radius 3 is 2.80 bits per heavy atom. The number of ether oxygens (including phenoxy) is 1. The topological polar surface area (TPSA) is 46.5 Å². The lowest BCUT2D eigenvalue weighted by molar-refractivity contribution is -0.143. The van der Waals surface area contributed by atoms with Gasteiger partial charge in [-0.05, 0) is 6.92 Å². The van der Waals surface area contributed by atoms with Crippen molar-refractivity contribution in [1.82, 2.24) is 0 Å². The van der Waals surface area contributed by atoms with E-state index < -0.39 is 12.1 Å². The number of aliphatic carboxylic acids is 1. The summed E-state index contributed by atoms with van der Waals surface area (Å²) in [6.45, 7) is 2.43. The maximum absolute atomic E-state index is 12.2. The van der Waals surface area contributed by atoms with E-state index >= 15 is 0 Å². The Morgan fingerprint density at radius 2 is 2.40 bits per heavy atom. The number of hydrogen-bond acceptors (Lipinski definition) is 2. The Balaban J connectivity index is 3.21. The third kappa shape index (κ3) is 4.26. The minimum atomic E-state index is -1.79. The van der Waals surface area contributed by atoms with Crippen LogP contribution in [0.2, 0.25) is 0 Å². The quantitative estimate of drug-likeness (QED) is 0.590. The Kier molecular flexibility index (Phi) is 4.84. The van der Waals surface area contributed by atoms with Gasteiger partial charge >= 0.3 is 5.97 Å². The zero-order valence-electron chi connectivity index (χ0n) is 5.84. The first-order valence-electron chi connectivity index (χ1n) is 3.13. The minimum absolute atomic E-state index is 0.0663. The summed E-state index contributed by atoms with van der Waals surface area (Å²) in [5.74, 6) is -1.42. The van der Waals surface area contributed by atoms with Crippen molar-refractivity contribution in [3.8, 4) is 0 Å². The van der Waals surface area contributed by atoms with Gasteiger partial charge in [0.05, 0.1) is 0 Å². The average molecular weight is 150 g/mol. The van der Waals surface area contributed by atoms with Gasteiger partial charge in [0.2, 0.25) is 0 Å². The summed E-state index contributed by atoms with van der Waals surface area (Å²) < 4.78 is 16.9. The molecule has 0 aromatic rings. The highest BCUT2D eigenvalue weighted by atomic mass is 19.1. The second-order valence-electron chi connectivity index (χ2n) is 1.79. The summed E-state index contributed by atoms with van der Waals surface area (Å²) in [5.41, 5.74) is 0. The van der Waals surface area contributed by atoms with Gasteiger partial charge < -0.3 is 9.84 Å². The van der Waals surface area contributed by atoms with Crippen LogP contribution in [0.25, 0.3) is 0 Å². The number of carbonyl (C=O) groups is 1. The molecule has 0 saturated heterocycles. The predicted molar refractivity (Wildman–Crippen MR) is 33.6 cm³/mol. The first kappa shape index (κ1) is 9.36. The molecule has 0 aliphatic heterocycles. The molecule has 0 amide bonds. The largest absolute Gasteiger partial charge is 0.479 e. The maximum atomic E-state index is 12.2. The third-order valence-electron chi connectivity index (χ3n) is 0.988. The standard InChI is InChI=1S/C6H11FO3/c1-2-10-4-3-5(7)6(8)9/h5H,2-4H2,1H3,(H,8,9)/t5-/m1/s1. The molecule has 0 unspecified atom stereocenters. The van der Waals surface area contributed by atoms with E-state index in [0.717, 1.165) is 0 Å². The van der Waals surface area contributed by atoms with Gasteiger partial charge in [0.15, 0.2) is 6.17 Å². The first-order chi connectivity index (χ1) is 4.68. The Labute approximate surface area is 58.8 Å². The van der Waals surface area contributed by atoms with Crippen LogP contribution < -0.4 is 0 Å². The fourth-order valence-corrected chi connectivity index (χ4v) is 0.455. The van der Waals surface area contributed by atoms with Crippen LogP contribution in [0.15, 0.2) is 0 Å². The average Bonchev–Trinajstić information content (AvgIpc) is 1.88. The van der Waals surface area contributed by atoms with Gasteiger partial charge in [0.25, 0.3) is 0 Å². The van der Waals surface area contributed by atoms with E-state index in [9.17, 15) is 9.18 Å². The summed E-state index contributed by atoms with van der Waals surface area (Å²) >= 11 is 0. The van der Waals surface area contributed by atoms with Crippen LogP contribution in [0.1, 0.15) is 13.3 Å². The summed E-state index contributed by atoms with van der Waals surface area (Å²) in [7, 11) is 0. The lowest BCUT2D eigenvalue weighted by Crippen LogP contribution is -2.16. The van der Waals surface area contributed by atoms with E-state index in [2.05, 4.69) is 0 Å². The van der Waals surface area contributed by atoms with E-state index in [1.807, 2.05) is 0 Å². The van der Waals surface area contributed by atoms with Crippen LogP contribution >= 0.6 is 0 Å². The molecule has 4 heteroatoms. The molecule has 60 valence electrons. The molecule has 0 aliphatic carbocycles. The molecule has 0 heterocycles. The second kappa shape index (κ2) is 5.17. The molecule has 0 saturated carbocycles. The minimum Gasteiger partial charge on any atom is -0.479 e. The van der Waals surface area contributed by atoms with Crippen molar-refractivity contribution in [2.75, 3.05) is 13.2 Å². The van der Waals surface area contributed by atoms with E-state index in [1.54, 1.807) is 6.92 Å². The Hall–Kier alpha value is -0.640. The zero-order valence-corrected chi connectivity index (χ0v) is 5.84. The zero-order chi connectivity index (χ0) is 7.98. The van der Waals surface area contributed by atoms with E-state index in [0.29, 0.717) is 6.61 Å². The first-order valence-corrected chi connectivity index (χ1v) is 3.13. The van der Waals surface area contributed by atoms with Crippen molar-refractivity contribution in [2.45, 2.75) is 19.5 Å². The SMILES string of the molecule is CCOCC[C@@H](F)C(=O)O. The van der Waals surface area contributed by atoms with Gasteiger partial charge in [-0.3, -0.25) is 0 Å². The van der Waals surface area contributed by atoms with E-state index in [-0.39, 0.29) is 13.0 Å². The predicted octanol–water partition coefficient (Wildman–Crippen LogP) is 0.836. The molecule has 1 atom stereocenters. The number of halogens is 1. The highest BCUT2D eigenvalue weighted by Gasteiger charge is 2.14. The summed E-state index contributed by atoms with van der Waals surface area (Å²) in [5, 5.41) is 8.05. The summed E-state index contributed by atoms with van der Waals surface area (Å²) in [6.07, 6.45) is -1.85. The number of hydrogen-bond donors (Lipinski definition) is 1. The number of rotatable bonds is 5. The monoisotopic (exact) mass is 150 g/mol. The van der Waals surface area contributed by atoms with Gasteiger partial charge in [-0.1, -0.05) is 0 Å². The maximum Gasteiger partial charge on any atom is 0.338 e. The van der Waals surface area contributed by atoms with Crippen molar-refractivity contribution < 1.29 is 19.0 Å². The molecular formula is C6H11FO3. The van der Waals surface area contributed by atoms with E-state index in [4.69, 9.17) is 9.84 Å². The van der Waals surface area contributed by atoms with Gasteiger partial charge in [-0.15, -0.1) is 0 Å². The molecule has 0 spiro atoms. The summed E-state index contributed by atoms with van der Waals surface area (Å²) in [4.78, 5) is 9.86. The molecule has 0 rings (SSSR count). The van der Waals surface area contributed by atoms with Gasteiger partial charge in [-0.2, -0.15) is 0 Å². The van der Waals surface area contributed by atoms with Crippen molar-refractivity contribution in [1.29, 1.82) is 0 Å². The lowest BCUT2D eigenvalue weighted by atomic mass is 10.3. The Morgan fingerprint density at radius 1 is 1.80 bits per heavy atom. The van der Waals surface area contributed by atoms with Crippen LogP contribution in [0.4, 0.5) is 4.39 Å². The molecular weight excluding hydrogens is 139 g/mol. The molecule has 0 fully saturated rings. The van der Waals surface area contributed by atoms with Crippen LogP contribution in [-0.4, -0.2) is 30.5 Å². The number of carboxylic acid groups (broad SMARTS) is 1. The normalized spacial score (nSPS) is 13.0. The fourth-order valence-electron chi connectivity index (χ4n) is 0.455. The van der Waals surface area contributed by atoms with Gasteiger partial charge in [0.1, 0.15) is 0 Å². The second-order valence-corrected chi connectivity index (χ2v) is 1.79. The molecule has 0 aromatic heterocycles. The molecule has 0 bridgehead atoms. The third-order valence-corrected chi connectivity index (χ3v) is 0.988. The molecule has 0 aromatic carbocycles. The fraction of sp³-hybridized carbons (Fsp3) is 0.833. The molecule has 1 N–H and O–H groups in total. The van der Waals surface area contributed by atoms with Crippen LogP contribution in [0.5, 0.6) is 0 Å². The number of carboxylic acids is 1. The van der Waals surface area contributed by atoms with Gasteiger partial charge in [-0.25, -0.2) is 9.18 Å². The summed E-state index contributed by atoms with van der Waals surface area (Å²) in [6, 6.07) is 0. The van der Waals surface area contributed by atoms with Crippen LogP contribution in [-0.2, 0) is 9.53 Å². The highest BCUT2D eigenvalue weighted by molar-refractivity contribution is 5.71. The van der Waals surface area contributed by atoms with Crippen LogP contribution in [0, 0.1) is 0 Å². The molecule has 3 nitrogen and oxygen atoms in total. The Bertz CT molecular complexity index is 105. The molecule has 10 heavy (non-hydrogen) atoms. The van der Waals surface area contributed by atoms with Crippen LogP contribution in [0.3, 0.4) is 0 Å². The van der Waals surface area contributed by atoms with Crippen molar-refractivity contribution in [3.63, 3.8) is 0 Å². The van der Waals surface area contributed by atoms with Gasteiger partial charge in [0, 0.05) is 19.6 Å². The highest BCUT2D eigenvalue weighted by Crippen LogP contribution is 1.97. The van der Waals surface area contributed by atoms with E-state index in [1.165, 1.54) is 0 Å². The van der Waals surface area contributed by atoms with Crippen molar-refractivity contribution in [2.24, 2.45) is 0 Å². The molecule has 0 radical (unpaired) electrons. The number of alkyl halides is 1. The smallest absolute Gasteiger partial charge is 0.338 e.